The Hall–Kier alpha value is 0.260. The lowest BCUT2D eigenvalue weighted by Gasteiger charge is -2.29. The fourth-order valence-electron chi connectivity index (χ4n) is 1.25. The van der Waals surface area contributed by atoms with Gasteiger partial charge in [0.1, 0.15) is 0 Å². The Morgan fingerprint density at radius 3 is 1.69 bits per heavy atom. The zero-order valence-corrected chi connectivity index (χ0v) is 10.8. The molecule has 5 N–H and O–H groups in total. The van der Waals surface area contributed by atoms with Crippen molar-refractivity contribution in [3.63, 3.8) is 0 Å². The molecule has 0 fully saturated rings. The molecule has 0 bridgehead atoms. The van der Waals surface area contributed by atoms with Gasteiger partial charge in [0.15, 0.2) is 0 Å². The van der Waals surface area contributed by atoms with Crippen LogP contribution in [-0.2, 0) is 9.13 Å². The second kappa shape index (κ2) is 5.74. The number of rotatable bonds is 7. The van der Waals surface area contributed by atoms with Crippen molar-refractivity contribution in [1.82, 2.24) is 0 Å². The van der Waals surface area contributed by atoms with E-state index in [0.717, 1.165) is 12.8 Å². The second-order valence-electron chi connectivity index (χ2n) is 3.67. The maximum absolute atomic E-state index is 10.9. The molecule has 1 unspecified atom stereocenters. The quantitative estimate of drug-likeness (QED) is 0.345. The molecule has 0 saturated heterocycles. The van der Waals surface area contributed by atoms with E-state index in [9.17, 15) is 14.2 Å². The Balaban J connectivity index is 4.73. The Morgan fingerprint density at radius 2 is 1.38 bits per heavy atom. The third kappa shape index (κ3) is 3.93. The van der Waals surface area contributed by atoms with E-state index in [1.807, 2.05) is 6.92 Å². The topological polar surface area (TPSA) is 135 Å². The number of hydrogen-bond acceptors (Lipinski definition) is 3. The normalized spacial score (nSPS) is 17.1. The number of aliphatic hydroxyl groups is 1. The molecule has 7 nitrogen and oxygen atoms in total. The molecular weight excluding hydrogens is 259 g/mol. The van der Waals surface area contributed by atoms with Gasteiger partial charge in [-0.05, 0) is 12.8 Å². The number of unbranched alkanes of at least 4 members (excludes halogenated alkanes) is 3. The van der Waals surface area contributed by atoms with Crippen LogP contribution >= 0.6 is 15.2 Å². The fraction of sp³-hybridized carbons (Fsp3) is 1.00. The summed E-state index contributed by atoms with van der Waals surface area (Å²) in [6.07, 6.45) is 1.74. The monoisotopic (exact) mass is 277 g/mol. The maximum Gasteiger partial charge on any atom is 0.369 e. The van der Waals surface area contributed by atoms with E-state index >= 15 is 0 Å². The maximum atomic E-state index is 10.9. The first kappa shape index (κ1) is 16.3. The summed E-state index contributed by atoms with van der Waals surface area (Å²) in [5, 5.41) is 6.22. The van der Waals surface area contributed by atoms with Gasteiger partial charge in [0.05, 0.1) is 0 Å². The summed E-state index contributed by atoms with van der Waals surface area (Å²) in [6.45, 7) is 1.91. The average Bonchev–Trinajstić information content (AvgIpc) is 2.08. The summed E-state index contributed by atoms with van der Waals surface area (Å²) < 4.78 is 21.8. The van der Waals surface area contributed by atoms with E-state index < -0.39 is 26.7 Å². The van der Waals surface area contributed by atoms with Gasteiger partial charge in [0.2, 0.25) is 0 Å². The highest BCUT2D eigenvalue weighted by Gasteiger charge is 2.58. The van der Waals surface area contributed by atoms with Crippen LogP contribution in [0.15, 0.2) is 0 Å². The lowest BCUT2D eigenvalue weighted by Crippen LogP contribution is -2.28. The van der Waals surface area contributed by atoms with Crippen LogP contribution in [0.1, 0.15) is 39.0 Å². The second-order valence-corrected chi connectivity index (χ2v) is 7.68. The van der Waals surface area contributed by atoms with Gasteiger partial charge in [-0.1, -0.05) is 26.2 Å². The van der Waals surface area contributed by atoms with Crippen LogP contribution in [0.3, 0.4) is 0 Å². The molecule has 0 aliphatic rings. The molecule has 0 aromatic rings. The van der Waals surface area contributed by atoms with Crippen molar-refractivity contribution in [2.24, 2.45) is 0 Å². The molecule has 0 heterocycles. The largest absolute Gasteiger partial charge is 0.369 e. The summed E-state index contributed by atoms with van der Waals surface area (Å²) in [4.78, 5) is 35.2. The minimum absolute atomic E-state index is 0.153. The average molecular weight is 277 g/mol. The summed E-state index contributed by atoms with van der Waals surface area (Å²) >= 11 is 0. The number of hydrogen-bond donors (Lipinski definition) is 5. The molecule has 0 aromatic heterocycles. The molecule has 1 atom stereocenters. The summed E-state index contributed by atoms with van der Waals surface area (Å²) in [5.41, 5.74) is 0. The summed E-state index contributed by atoms with van der Waals surface area (Å²) in [5.74, 6) is 0. The van der Waals surface area contributed by atoms with Gasteiger partial charge < -0.3 is 24.7 Å². The van der Waals surface area contributed by atoms with Crippen LogP contribution in [0, 0.1) is 0 Å². The van der Waals surface area contributed by atoms with E-state index in [-0.39, 0.29) is 6.42 Å². The van der Waals surface area contributed by atoms with Crippen LogP contribution in [0.5, 0.6) is 0 Å². The first-order valence-corrected chi connectivity index (χ1v) is 8.12. The van der Waals surface area contributed by atoms with E-state index in [1.165, 1.54) is 0 Å². The Labute approximate surface area is 93.8 Å². The Morgan fingerprint density at radius 1 is 0.938 bits per heavy atom. The van der Waals surface area contributed by atoms with Gasteiger partial charge in [-0.25, -0.2) is 0 Å². The van der Waals surface area contributed by atoms with Gasteiger partial charge in [-0.3, -0.25) is 9.13 Å². The van der Waals surface area contributed by atoms with Gasteiger partial charge in [-0.15, -0.1) is 0 Å². The molecule has 9 heteroatoms. The van der Waals surface area contributed by atoms with E-state index in [4.69, 9.17) is 19.6 Å². The molecule has 0 radical (unpaired) electrons. The Bertz CT molecular complexity index is 282. The van der Waals surface area contributed by atoms with Gasteiger partial charge >= 0.3 is 15.2 Å². The highest BCUT2D eigenvalue weighted by Crippen LogP contribution is 2.69. The molecule has 98 valence electrons. The first-order chi connectivity index (χ1) is 7.06. The molecule has 0 amide bonds. The van der Waals surface area contributed by atoms with Gasteiger partial charge in [0.25, 0.3) is 5.08 Å². The third-order valence-electron chi connectivity index (χ3n) is 2.30. The van der Waals surface area contributed by atoms with Crippen LogP contribution in [0.4, 0.5) is 0 Å². The standard InChI is InChI=1S/C7H18O7P2/c1-2-3-4-5-6-7(8,15(9,10)11)16(12,13)14/h8H,2-6H2,1H3,(H2,9,10,11)(H2,12,13,14)/i15+1. The third-order valence-corrected chi connectivity index (χ3v) is 6.18. The van der Waals surface area contributed by atoms with Gasteiger partial charge in [0, 0.05) is 0 Å². The molecule has 0 saturated carbocycles. The predicted molar refractivity (Wildman–Crippen MR) is 57.8 cm³/mol. The van der Waals surface area contributed by atoms with E-state index in [1.54, 1.807) is 0 Å². The lowest BCUT2D eigenvalue weighted by atomic mass is 10.2. The molecule has 0 spiro atoms. The molecule has 0 aliphatic carbocycles. The minimum atomic E-state index is -5.27. The predicted octanol–water partition coefficient (Wildman–Crippen LogP) is 0.958. The smallest absolute Gasteiger partial charge is 0.368 e. The SMILES string of the molecule is CCCCCCC(O)(P(=O)(O)O)[32P](=O)(O)O. The fourth-order valence-corrected chi connectivity index (χ4v) is 3.51. The van der Waals surface area contributed by atoms with Crippen molar-refractivity contribution in [1.29, 1.82) is 0 Å². The van der Waals surface area contributed by atoms with Crippen LogP contribution in [0.25, 0.3) is 0 Å². The molecule has 0 aliphatic heterocycles. The zero-order valence-electron chi connectivity index (χ0n) is 8.98. The highest BCUT2D eigenvalue weighted by atomic mass is 32.2. The van der Waals surface area contributed by atoms with Crippen LogP contribution < -0.4 is 0 Å². The van der Waals surface area contributed by atoms with Crippen LogP contribution in [0.2, 0.25) is 0 Å². The van der Waals surface area contributed by atoms with Crippen molar-refractivity contribution >= 4 is 15.2 Å². The highest BCUT2D eigenvalue weighted by molar-refractivity contribution is 7.72. The van der Waals surface area contributed by atoms with Crippen molar-refractivity contribution < 1.29 is 33.8 Å². The molecule has 0 aromatic carbocycles. The van der Waals surface area contributed by atoms with Crippen molar-refractivity contribution in [2.75, 3.05) is 0 Å². The Kier molecular flexibility index (Phi) is 5.83. The van der Waals surface area contributed by atoms with E-state index in [0.29, 0.717) is 6.42 Å². The van der Waals surface area contributed by atoms with Crippen molar-refractivity contribution in [3.8, 4) is 0 Å². The minimum Gasteiger partial charge on any atom is -0.368 e. The van der Waals surface area contributed by atoms with E-state index in [2.05, 4.69) is 0 Å². The first-order valence-electron chi connectivity index (χ1n) is 4.90. The summed E-state index contributed by atoms with van der Waals surface area (Å²) in [6, 6.07) is 0. The van der Waals surface area contributed by atoms with Crippen LogP contribution in [-0.4, -0.2) is 29.8 Å². The van der Waals surface area contributed by atoms with Crippen molar-refractivity contribution in [3.05, 3.63) is 0 Å². The zero-order chi connectivity index (χ0) is 13.0. The van der Waals surface area contributed by atoms with Crippen molar-refractivity contribution in [2.45, 2.75) is 44.1 Å². The van der Waals surface area contributed by atoms with Gasteiger partial charge in [-0.2, -0.15) is 0 Å². The lowest BCUT2D eigenvalue weighted by molar-refractivity contribution is 0.120. The summed E-state index contributed by atoms with van der Waals surface area (Å²) in [7, 11) is -10.5. The molecule has 16 heavy (non-hydrogen) atoms. The molecular formula is C7H18O7P2. The molecule has 0 rings (SSSR count).